The van der Waals surface area contributed by atoms with Crippen LogP contribution in [-0.4, -0.2) is 30.3 Å². The maximum atomic E-state index is 12.7. The molecule has 3 aromatic rings. The molecule has 0 saturated carbocycles. The van der Waals surface area contributed by atoms with Crippen LogP contribution in [0.2, 0.25) is 0 Å². The first-order valence-corrected chi connectivity index (χ1v) is 8.94. The summed E-state index contributed by atoms with van der Waals surface area (Å²) < 4.78 is 0. The van der Waals surface area contributed by atoms with E-state index in [0.717, 1.165) is 16.3 Å². The fourth-order valence-corrected chi connectivity index (χ4v) is 2.91. The maximum Gasteiger partial charge on any atom is 0.257 e. The standard InChI is InChI=1S/C22H21N3O3/c23-14-20(26)24-19(12-15-6-2-1-3-7-15)22(28)25-21(27)18-11-10-16-8-4-5-9-17(16)13-18/h1-11,13,19H,12,14,23H2,(H,24,26)(H,25,27,28). The number of hydrogen-bond donors (Lipinski definition) is 3. The highest BCUT2D eigenvalue weighted by atomic mass is 16.2. The van der Waals surface area contributed by atoms with Crippen molar-refractivity contribution in [2.45, 2.75) is 12.5 Å². The van der Waals surface area contributed by atoms with E-state index < -0.39 is 23.8 Å². The second kappa shape index (κ2) is 8.92. The minimum Gasteiger partial charge on any atom is -0.343 e. The van der Waals surface area contributed by atoms with Gasteiger partial charge in [-0.25, -0.2) is 0 Å². The van der Waals surface area contributed by atoms with Crippen LogP contribution in [0.15, 0.2) is 72.8 Å². The predicted molar refractivity (Wildman–Crippen MR) is 108 cm³/mol. The minimum absolute atomic E-state index is 0.239. The van der Waals surface area contributed by atoms with Gasteiger partial charge in [0.25, 0.3) is 5.91 Å². The van der Waals surface area contributed by atoms with Gasteiger partial charge in [0, 0.05) is 12.0 Å². The van der Waals surface area contributed by atoms with Gasteiger partial charge in [-0.1, -0.05) is 60.7 Å². The van der Waals surface area contributed by atoms with Crippen molar-refractivity contribution in [3.8, 4) is 0 Å². The van der Waals surface area contributed by atoms with Crippen LogP contribution in [0.3, 0.4) is 0 Å². The van der Waals surface area contributed by atoms with Gasteiger partial charge in [-0.05, 0) is 28.5 Å². The third-order valence-corrected chi connectivity index (χ3v) is 4.37. The lowest BCUT2D eigenvalue weighted by atomic mass is 10.0. The number of nitrogens with one attached hydrogen (secondary N) is 2. The molecular weight excluding hydrogens is 354 g/mol. The van der Waals surface area contributed by atoms with Crippen molar-refractivity contribution >= 4 is 28.5 Å². The van der Waals surface area contributed by atoms with E-state index in [-0.39, 0.29) is 13.0 Å². The Balaban J connectivity index is 1.75. The Hall–Kier alpha value is -3.51. The molecule has 0 fully saturated rings. The van der Waals surface area contributed by atoms with E-state index in [1.165, 1.54) is 0 Å². The Kier molecular flexibility index (Phi) is 6.14. The summed E-state index contributed by atoms with van der Waals surface area (Å²) in [7, 11) is 0. The van der Waals surface area contributed by atoms with Gasteiger partial charge in [0.15, 0.2) is 0 Å². The van der Waals surface area contributed by atoms with Crippen molar-refractivity contribution in [1.82, 2.24) is 10.6 Å². The molecule has 0 bridgehead atoms. The van der Waals surface area contributed by atoms with E-state index in [9.17, 15) is 14.4 Å². The summed E-state index contributed by atoms with van der Waals surface area (Å²) in [5.41, 5.74) is 6.58. The quantitative estimate of drug-likeness (QED) is 0.611. The largest absolute Gasteiger partial charge is 0.343 e. The number of imide groups is 1. The summed E-state index contributed by atoms with van der Waals surface area (Å²) in [6.45, 7) is -0.239. The van der Waals surface area contributed by atoms with Crippen molar-refractivity contribution in [3.63, 3.8) is 0 Å². The number of amides is 3. The van der Waals surface area contributed by atoms with Gasteiger partial charge in [0.2, 0.25) is 11.8 Å². The Morgan fingerprint density at radius 2 is 1.54 bits per heavy atom. The highest BCUT2D eigenvalue weighted by Gasteiger charge is 2.23. The molecule has 28 heavy (non-hydrogen) atoms. The monoisotopic (exact) mass is 375 g/mol. The molecule has 142 valence electrons. The Morgan fingerprint density at radius 3 is 2.25 bits per heavy atom. The summed E-state index contributed by atoms with van der Waals surface area (Å²) in [6, 6.07) is 21.2. The van der Waals surface area contributed by atoms with Crippen molar-refractivity contribution in [1.29, 1.82) is 0 Å². The maximum absolute atomic E-state index is 12.7. The van der Waals surface area contributed by atoms with Crippen molar-refractivity contribution in [2.24, 2.45) is 5.73 Å². The van der Waals surface area contributed by atoms with Crippen LogP contribution in [0.1, 0.15) is 15.9 Å². The van der Waals surface area contributed by atoms with Gasteiger partial charge in [0.1, 0.15) is 6.04 Å². The average Bonchev–Trinajstić information content (AvgIpc) is 2.73. The number of hydrogen-bond acceptors (Lipinski definition) is 4. The van der Waals surface area contributed by atoms with Gasteiger partial charge in [0.05, 0.1) is 6.54 Å². The molecule has 3 amide bonds. The number of benzene rings is 3. The molecule has 3 aromatic carbocycles. The molecule has 0 aromatic heterocycles. The Bertz CT molecular complexity index is 1000. The summed E-state index contributed by atoms with van der Waals surface area (Å²) in [5, 5.41) is 6.86. The molecule has 6 nitrogen and oxygen atoms in total. The second-order valence-corrected chi connectivity index (χ2v) is 6.39. The van der Waals surface area contributed by atoms with Crippen molar-refractivity contribution in [3.05, 3.63) is 83.9 Å². The highest BCUT2D eigenvalue weighted by molar-refractivity contribution is 6.08. The SMILES string of the molecule is NCC(=O)NC(Cc1ccccc1)C(=O)NC(=O)c1ccc2ccccc2c1. The molecule has 0 radical (unpaired) electrons. The first kappa shape index (κ1) is 19.3. The van der Waals surface area contributed by atoms with Gasteiger partial charge in [-0.2, -0.15) is 0 Å². The minimum atomic E-state index is -0.900. The van der Waals surface area contributed by atoms with E-state index in [2.05, 4.69) is 10.6 Å². The van der Waals surface area contributed by atoms with Crippen molar-refractivity contribution < 1.29 is 14.4 Å². The molecule has 6 heteroatoms. The van der Waals surface area contributed by atoms with E-state index >= 15 is 0 Å². The Morgan fingerprint density at radius 1 is 0.857 bits per heavy atom. The molecule has 3 rings (SSSR count). The van der Waals surface area contributed by atoms with E-state index in [1.54, 1.807) is 12.1 Å². The summed E-state index contributed by atoms with van der Waals surface area (Å²) >= 11 is 0. The molecular formula is C22H21N3O3. The van der Waals surface area contributed by atoms with Crippen LogP contribution in [-0.2, 0) is 16.0 Å². The predicted octanol–water partition coefficient (Wildman–Crippen LogP) is 1.78. The van der Waals surface area contributed by atoms with Crippen LogP contribution >= 0.6 is 0 Å². The zero-order chi connectivity index (χ0) is 19.9. The lowest BCUT2D eigenvalue weighted by Gasteiger charge is -2.18. The zero-order valence-electron chi connectivity index (χ0n) is 15.2. The van der Waals surface area contributed by atoms with Gasteiger partial charge < -0.3 is 11.1 Å². The lowest BCUT2D eigenvalue weighted by Crippen LogP contribution is -2.50. The molecule has 0 heterocycles. The van der Waals surface area contributed by atoms with E-state index in [1.807, 2.05) is 60.7 Å². The molecule has 0 aliphatic heterocycles. The van der Waals surface area contributed by atoms with Crippen LogP contribution in [0, 0.1) is 0 Å². The topological polar surface area (TPSA) is 101 Å². The molecule has 1 atom stereocenters. The molecule has 4 N–H and O–H groups in total. The van der Waals surface area contributed by atoms with Gasteiger partial charge >= 0.3 is 0 Å². The lowest BCUT2D eigenvalue weighted by molar-refractivity contribution is -0.127. The number of carbonyl (C=O) groups is 3. The number of carbonyl (C=O) groups excluding carboxylic acids is 3. The summed E-state index contributed by atoms with van der Waals surface area (Å²) in [4.78, 5) is 36.9. The fraction of sp³-hybridized carbons (Fsp3) is 0.136. The average molecular weight is 375 g/mol. The van der Waals surface area contributed by atoms with Crippen LogP contribution in [0.25, 0.3) is 10.8 Å². The summed E-state index contributed by atoms with van der Waals surface area (Å²) in [5.74, 6) is -1.56. The molecule has 0 aliphatic rings. The highest BCUT2D eigenvalue weighted by Crippen LogP contribution is 2.15. The Labute approximate surface area is 162 Å². The summed E-state index contributed by atoms with van der Waals surface area (Å²) in [6.07, 6.45) is 0.253. The normalized spacial score (nSPS) is 11.6. The molecule has 0 saturated heterocycles. The third-order valence-electron chi connectivity index (χ3n) is 4.37. The molecule has 0 aliphatic carbocycles. The van der Waals surface area contributed by atoms with Gasteiger partial charge in [-0.3, -0.25) is 19.7 Å². The number of fused-ring (bicyclic) bond motifs is 1. The van der Waals surface area contributed by atoms with E-state index in [0.29, 0.717) is 5.56 Å². The third kappa shape index (κ3) is 4.81. The second-order valence-electron chi connectivity index (χ2n) is 6.39. The first-order chi connectivity index (χ1) is 13.6. The molecule has 0 spiro atoms. The number of rotatable bonds is 6. The zero-order valence-corrected chi connectivity index (χ0v) is 15.2. The van der Waals surface area contributed by atoms with Gasteiger partial charge in [-0.15, -0.1) is 0 Å². The number of nitrogens with two attached hydrogens (primary N) is 1. The van der Waals surface area contributed by atoms with E-state index in [4.69, 9.17) is 5.73 Å². The van der Waals surface area contributed by atoms with Crippen LogP contribution in [0.4, 0.5) is 0 Å². The van der Waals surface area contributed by atoms with Crippen LogP contribution < -0.4 is 16.4 Å². The smallest absolute Gasteiger partial charge is 0.257 e. The molecule has 1 unspecified atom stereocenters. The van der Waals surface area contributed by atoms with Crippen LogP contribution in [0.5, 0.6) is 0 Å². The fourth-order valence-electron chi connectivity index (χ4n) is 2.91. The van der Waals surface area contributed by atoms with Crippen molar-refractivity contribution in [2.75, 3.05) is 6.54 Å². The first-order valence-electron chi connectivity index (χ1n) is 8.94.